The number of hydrogen-bond donors (Lipinski definition) is 2. The van der Waals surface area contributed by atoms with E-state index >= 15 is 0 Å². The zero-order valence-corrected chi connectivity index (χ0v) is 14.5. The first-order chi connectivity index (χ1) is 10.0. The van der Waals surface area contributed by atoms with Gasteiger partial charge in [-0.1, -0.05) is 42.1 Å². The summed E-state index contributed by atoms with van der Waals surface area (Å²) >= 11 is 3.42. The summed E-state index contributed by atoms with van der Waals surface area (Å²) in [4.78, 5) is 12.6. The van der Waals surface area contributed by atoms with Gasteiger partial charge in [0.15, 0.2) is 0 Å². The number of amides is 1. The highest BCUT2D eigenvalue weighted by Gasteiger charge is 2.24. The van der Waals surface area contributed by atoms with Crippen molar-refractivity contribution in [2.45, 2.75) is 58.4 Å². The van der Waals surface area contributed by atoms with Crippen LogP contribution in [0.4, 0.5) is 5.69 Å². The maximum absolute atomic E-state index is 12.6. The number of benzene rings is 1. The van der Waals surface area contributed by atoms with Gasteiger partial charge in [-0.15, -0.1) is 0 Å². The van der Waals surface area contributed by atoms with E-state index in [2.05, 4.69) is 28.2 Å². The van der Waals surface area contributed by atoms with Gasteiger partial charge in [0.1, 0.15) is 0 Å². The standard InChI is InChI=1S/C17H25BrN2O/c1-3-16(12-7-5-4-6-8-12)20-17(21)14-9-13(18)10-15(19)11(14)2/h9-10,12,16H,3-8,19H2,1-2H3,(H,20,21). The monoisotopic (exact) mass is 352 g/mol. The molecule has 4 heteroatoms. The lowest BCUT2D eigenvalue weighted by molar-refractivity contribution is 0.0910. The number of nitrogens with two attached hydrogens (primary N) is 1. The van der Waals surface area contributed by atoms with Crippen molar-refractivity contribution in [3.05, 3.63) is 27.7 Å². The fraction of sp³-hybridized carbons (Fsp3) is 0.588. The molecule has 0 bridgehead atoms. The van der Waals surface area contributed by atoms with Gasteiger partial charge < -0.3 is 11.1 Å². The summed E-state index contributed by atoms with van der Waals surface area (Å²) in [5, 5.41) is 3.23. The number of anilines is 1. The number of nitrogen functional groups attached to an aromatic ring is 1. The van der Waals surface area contributed by atoms with E-state index in [1.807, 2.05) is 19.1 Å². The Bertz CT molecular complexity index is 510. The Balaban J connectivity index is 2.12. The summed E-state index contributed by atoms with van der Waals surface area (Å²) in [6.07, 6.45) is 7.37. The van der Waals surface area contributed by atoms with Crippen molar-refractivity contribution in [3.63, 3.8) is 0 Å². The summed E-state index contributed by atoms with van der Waals surface area (Å²) in [5.74, 6) is 0.621. The molecule has 0 saturated heterocycles. The highest BCUT2D eigenvalue weighted by Crippen LogP contribution is 2.28. The van der Waals surface area contributed by atoms with Crippen LogP contribution in [0.2, 0.25) is 0 Å². The average molecular weight is 353 g/mol. The van der Waals surface area contributed by atoms with Crippen molar-refractivity contribution < 1.29 is 4.79 Å². The lowest BCUT2D eigenvalue weighted by Gasteiger charge is -2.30. The summed E-state index contributed by atoms with van der Waals surface area (Å²) in [6.45, 7) is 4.06. The predicted molar refractivity (Wildman–Crippen MR) is 91.4 cm³/mol. The Morgan fingerprint density at radius 1 is 1.38 bits per heavy atom. The quantitative estimate of drug-likeness (QED) is 0.787. The number of halogens is 1. The van der Waals surface area contributed by atoms with Crippen molar-refractivity contribution in [2.24, 2.45) is 5.92 Å². The Hall–Kier alpha value is -1.03. The molecule has 3 nitrogen and oxygen atoms in total. The maximum atomic E-state index is 12.6. The van der Waals surface area contributed by atoms with Crippen LogP contribution in [0.15, 0.2) is 16.6 Å². The van der Waals surface area contributed by atoms with E-state index in [0.717, 1.165) is 16.5 Å². The molecule has 1 unspecified atom stereocenters. The van der Waals surface area contributed by atoms with Crippen LogP contribution < -0.4 is 11.1 Å². The van der Waals surface area contributed by atoms with Gasteiger partial charge in [-0.05, 0) is 49.8 Å². The zero-order chi connectivity index (χ0) is 15.4. The molecule has 116 valence electrons. The topological polar surface area (TPSA) is 55.1 Å². The molecular formula is C17H25BrN2O. The maximum Gasteiger partial charge on any atom is 0.251 e. The minimum absolute atomic E-state index is 0.00192. The van der Waals surface area contributed by atoms with Crippen molar-refractivity contribution in [1.82, 2.24) is 5.32 Å². The van der Waals surface area contributed by atoms with Crippen molar-refractivity contribution in [2.75, 3.05) is 5.73 Å². The lowest BCUT2D eigenvalue weighted by atomic mass is 9.83. The number of hydrogen-bond acceptors (Lipinski definition) is 2. The van der Waals surface area contributed by atoms with Gasteiger partial charge in [0.05, 0.1) is 0 Å². The molecule has 1 fully saturated rings. The molecule has 1 atom stereocenters. The van der Waals surface area contributed by atoms with E-state index in [9.17, 15) is 4.79 Å². The Labute approximate surface area is 135 Å². The number of carbonyl (C=O) groups is 1. The largest absolute Gasteiger partial charge is 0.398 e. The normalized spacial score (nSPS) is 17.5. The summed E-state index contributed by atoms with van der Waals surface area (Å²) in [6, 6.07) is 3.97. The second-order valence-electron chi connectivity index (χ2n) is 6.05. The summed E-state index contributed by atoms with van der Waals surface area (Å²) < 4.78 is 0.849. The van der Waals surface area contributed by atoms with Crippen molar-refractivity contribution in [1.29, 1.82) is 0 Å². The van der Waals surface area contributed by atoms with E-state index in [4.69, 9.17) is 5.73 Å². The van der Waals surface area contributed by atoms with E-state index in [0.29, 0.717) is 17.2 Å². The van der Waals surface area contributed by atoms with Gasteiger partial charge in [0.2, 0.25) is 0 Å². The molecule has 0 radical (unpaired) electrons. The molecule has 0 aromatic heterocycles. The lowest BCUT2D eigenvalue weighted by Crippen LogP contribution is -2.41. The van der Waals surface area contributed by atoms with Gasteiger partial charge in [0, 0.05) is 21.8 Å². The Morgan fingerprint density at radius 2 is 2.05 bits per heavy atom. The molecule has 0 aliphatic heterocycles. The molecule has 0 heterocycles. The number of rotatable bonds is 4. The van der Waals surface area contributed by atoms with Crippen LogP contribution in [0.5, 0.6) is 0 Å². The third kappa shape index (κ3) is 4.00. The molecule has 21 heavy (non-hydrogen) atoms. The zero-order valence-electron chi connectivity index (χ0n) is 12.9. The van der Waals surface area contributed by atoms with E-state index in [1.54, 1.807) is 0 Å². The highest BCUT2D eigenvalue weighted by atomic mass is 79.9. The van der Waals surface area contributed by atoms with E-state index < -0.39 is 0 Å². The van der Waals surface area contributed by atoms with E-state index in [1.165, 1.54) is 32.1 Å². The van der Waals surface area contributed by atoms with Gasteiger partial charge in [0.25, 0.3) is 5.91 Å². The summed E-state index contributed by atoms with van der Waals surface area (Å²) in [7, 11) is 0. The van der Waals surface area contributed by atoms with Crippen molar-refractivity contribution >= 4 is 27.5 Å². The van der Waals surface area contributed by atoms with Crippen LogP contribution >= 0.6 is 15.9 Å². The molecular weight excluding hydrogens is 328 g/mol. The summed E-state index contributed by atoms with van der Waals surface area (Å²) in [5.41, 5.74) is 8.14. The Kier molecular flexibility index (Phi) is 5.68. The third-order valence-electron chi connectivity index (χ3n) is 4.63. The van der Waals surface area contributed by atoms with Crippen LogP contribution in [-0.2, 0) is 0 Å². The first kappa shape index (κ1) is 16.3. The van der Waals surface area contributed by atoms with Crippen LogP contribution in [0.25, 0.3) is 0 Å². The van der Waals surface area contributed by atoms with Crippen LogP contribution in [0.1, 0.15) is 61.4 Å². The first-order valence-corrected chi connectivity index (χ1v) is 8.68. The molecule has 0 spiro atoms. The van der Waals surface area contributed by atoms with Gasteiger partial charge in [-0.25, -0.2) is 0 Å². The van der Waals surface area contributed by atoms with Crippen LogP contribution in [0, 0.1) is 12.8 Å². The molecule has 1 amide bonds. The van der Waals surface area contributed by atoms with Gasteiger partial charge >= 0.3 is 0 Å². The molecule has 1 aromatic rings. The predicted octanol–water partition coefficient (Wildman–Crippen LogP) is 4.43. The molecule has 1 aliphatic carbocycles. The van der Waals surface area contributed by atoms with Gasteiger partial charge in [-0.3, -0.25) is 4.79 Å². The second-order valence-corrected chi connectivity index (χ2v) is 6.97. The molecule has 1 aromatic carbocycles. The minimum atomic E-state index is -0.00192. The SMILES string of the molecule is CCC(NC(=O)c1cc(Br)cc(N)c1C)C1CCCCC1. The molecule has 2 rings (SSSR count). The molecule has 1 aliphatic rings. The first-order valence-electron chi connectivity index (χ1n) is 7.89. The average Bonchev–Trinajstić information content (AvgIpc) is 2.49. The van der Waals surface area contributed by atoms with E-state index in [-0.39, 0.29) is 11.9 Å². The Morgan fingerprint density at radius 3 is 2.67 bits per heavy atom. The molecule has 1 saturated carbocycles. The van der Waals surface area contributed by atoms with Crippen molar-refractivity contribution in [3.8, 4) is 0 Å². The van der Waals surface area contributed by atoms with Crippen LogP contribution in [-0.4, -0.2) is 11.9 Å². The fourth-order valence-electron chi connectivity index (χ4n) is 3.27. The number of nitrogens with one attached hydrogen (secondary N) is 1. The smallest absolute Gasteiger partial charge is 0.251 e. The van der Waals surface area contributed by atoms with Crippen LogP contribution in [0.3, 0.4) is 0 Å². The second kappa shape index (κ2) is 7.30. The van der Waals surface area contributed by atoms with Gasteiger partial charge in [-0.2, -0.15) is 0 Å². The highest BCUT2D eigenvalue weighted by molar-refractivity contribution is 9.10. The molecule has 3 N–H and O–H groups in total. The third-order valence-corrected chi connectivity index (χ3v) is 5.09. The fourth-order valence-corrected chi connectivity index (χ4v) is 3.75. The number of carbonyl (C=O) groups excluding carboxylic acids is 1. The minimum Gasteiger partial charge on any atom is -0.398 e.